The second-order valence-electron chi connectivity index (χ2n) is 8.23. The number of rotatable bonds is 8. The predicted molar refractivity (Wildman–Crippen MR) is 116 cm³/mol. The molecule has 2 unspecified atom stereocenters. The van der Waals surface area contributed by atoms with Crippen LogP contribution in [0.25, 0.3) is 0 Å². The van der Waals surface area contributed by atoms with E-state index in [4.69, 9.17) is 0 Å². The second-order valence-corrected chi connectivity index (χ2v) is 9.31. The van der Waals surface area contributed by atoms with E-state index in [2.05, 4.69) is 46.2 Å². The van der Waals surface area contributed by atoms with Crippen LogP contribution in [-0.2, 0) is 6.42 Å². The first kappa shape index (κ1) is 21.3. The topological polar surface area (TPSA) is 46.9 Å². The highest BCUT2D eigenvalue weighted by molar-refractivity contribution is 7.99. The van der Waals surface area contributed by atoms with E-state index in [0.29, 0.717) is 0 Å². The van der Waals surface area contributed by atoms with E-state index in [-0.39, 0.29) is 0 Å². The molecule has 0 spiro atoms. The molecule has 2 aromatic rings. The van der Waals surface area contributed by atoms with Crippen LogP contribution in [0.3, 0.4) is 0 Å². The number of fused-ring (bicyclic) bond motifs is 2. The molecule has 4 nitrogen and oxygen atoms in total. The van der Waals surface area contributed by atoms with Crippen molar-refractivity contribution < 1.29 is 10.2 Å². The molecule has 1 aliphatic heterocycles. The summed E-state index contributed by atoms with van der Waals surface area (Å²) in [5, 5.41) is 21.0. The van der Waals surface area contributed by atoms with Gasteiger partial charge in [-0.25, -0.2) is 0 Å². The van der Waals surface area contributed by atoms with Crippen LogP contribution in [-0.4, -0.2) is 61.3 Å². The monoisotopic (exact) mass is 400 g/mol. The molecule has 0 fully saturated rings. The first-order chi connectivity index (χ1) is 13.3. The van der Waals surface area contributed by atoms with Gasteiger partial charge in [0.05, 0.1) is 12.2 Å². The van der Waals surface area contributed by atoms with Gasteiger partial charge in [0.1, 0.15) is 0 Å². The van der Waals surface area contributed by atoms with Gasteiger partial charge in [-0.2, -0.15) is 0 Å². The molecule has 2 aromatic carbocycles. The highest BCUT2D eigenvalue weighted by atomic mass is 32.2. The summed E-state index contributed by atoms with van der Waals surface area (Å²) in [6.45, 7) is 1.73. The van der Waals surface area contributed by atoms with E-state index in [1.54, 1.807) is 11.8 Å². The maximum Gasteiger partial charge on any atom is 0.0802 e. The zero-order valence-electron chi connectivity index (χ0n) is 17.4. The van der Waals surface area contributed by atoms with Crippen molar-refractivity contribution in [2.24, 2.45) is 0 Å². The molecular weight excluding hydrogens is 368 g/mol. The Labute approximate surface area is 173 Å². The minimum Gasteiger partial charge on any atom is -0.388 e. The SMILES string of the molecule is CN(C)CCC(O)c1ccc2c(c1)Cc1cc(C(O)CCN(C)C)ccc1S2. The highest BCUT2D eigenvalue weighted by Crippen LogP contribution is 2.41. The maximum absolute atomic E-state index is 10.5. The highest BCUT2D eigenvalue weighted by Gasteiger charge is 2.20. The molecule has 0 saturated carbocycles. The van der Waals surface area contributed by atoms with Gasteiger partial charge in [0.15, 0.2) is 0 Å². The van der Waals surface area contributed by atoms with Crippen molar-refractivity contribution >= 4 is 11.8 Å². The van der Waals surface area contributed by atoms with Gasteiger partial charge in [-0.05, 0) is 81.8 Å². The molecule has 1 heterocycles. The molecule has 0 radical (unpaired) electrons. The van der Waals surface area contributed by atoms with E-state index >= 15 is 0 Å². The van der Waals surface area contributed by atoms with Gasteiger partial charge in [0.2, 0.25) is 0 Å². The van der Waals surface area contributed by atoms with Crippen LogP contribution < -0.4 is 0 Å². The molecule has 0 saturated heterocycles. The molecule has 2 N–H and O–H groups in total. The van der Waals surface area contributed by atoms with Gasteiger partial charge in [0, 0.05) is 22.9 Å². The third kappa shape index (κ3) is 5.37. The Hall–Kier alpha value is -1.37. The molecule has 0 bridgehead atoms. The second kappa shape index (κ2) is 9.42. The zero-order chi connectivity index (χ0) is 20.3. The fraction of sp³-hybridized carbons (Fsp3) is 0.478. The standard InChI is InChI=1S/C23H32N2O2S/c1-24(2)11-9-20(26)16-5-7-22-18(13-16)15-19-14-17(6-8-23(19)28-22)21(27)10-12-25(3)4/h5-8,13-14,20-21,26-27H,9-12,15H2,1-4H3. The van der Waals surface area contributed by atoms with Gasteiger partial charge >= 0.3 is 0 Å². The van der Waals surface area contributed by atoms with Gasteiger partial charge in [-0.15, -0.1) is 0 Å². The Morgan fingerprint density at radius 2 is 1.21 bits per heavy atom. The molecule has 152 valence electrons. The van der Waals surface area contributed by atoms with Crippen LogP contribution >= 0.6 is 11.8 Å². The van der Waals surface area contributed by atoms with Gasteiger partial charge in [-0.3, -0.25) is 0 Å². The summed E-state index contributed by atoms with van der Waals surface area (Å²) in [5.41, 5.74) is 4.51. The van der Waals surface area contributed by atoms with E-state index in [0.717, 1.165) is 43.5 Å². The van der Waals surface area contributed by atoms with Crippen molar-refractivity contribution in [3.63, 3.8) is 0 Å². The Balaban J connectivity index is 1.75. The maximum atomic E-state index is 10.5. The number of benzene rings is 2. The summed E-state index contributed by atoms with van der Waals surface area (Å²) in [5.74, 6) is 0. The lowest BCUT2D eigenvalue weighted by Gasteiger charge is -2.23. The van der Waals surface area contributed by atoms with Crippen LogP contribution in [0.5, 0.6) is 0 Å². The van der Waals surface area contributed by atoms with Crippen molar-refractivity contribution in [2.75, 3.05) is 41.3 Å². The van der Waals surface area contributed by atoms with Crippen molar-refractivity contribution in [3.8, 4) is 0 Å². The molecule has 1 aliphatic rings. The number of aliphatic hydroxyl groups excluding tert-OH is 2. The Kier molecular flexibility index (Phi) is 7.18. The molecule has 3 rings (SSSR count). The number of hydrogen-bond acceptors (Lipinski definition) is 5. The average Bonchev–Trinajstić information content (AvgIpc) is 2.67. The first-order valence-corrected chi connectivity index (χ1v) is 10.7. The van der Waals surface area contributed by atoms with Crippen LogP contribution in [0.15, 0.2) is 46.2 Å². The molecule has 0 aromatic heterocycles. The van der Waals surface area contributed by atoms with Crippen molar-refractivity contribution in [3.05, 3.63) is 58.7 Å². The zero-order valence-corrected chi connectivity index (χ0v) is 18.2. The number of hydrogen-bond donors (Lipinski definition) is 2. The third-order valence-corrected chi connectivity index (χ3v) is 6.48. The fourth-order valence-electron chi connectivity index (χ4n) is 3.51. The van der Waals surface area contributed by atoms with Gasteiger partial charge in [0.25, 0.3) is 0 Å². The van der Waals surface area contributed by atoms with Crippen molar-refractivity contribution in [1.29, 1.82) is 0 Å². The van der Waals surface area contributed by atoms with E-state index in [1.807, 2.05) is 28.2 Å². The molecular formula is C23H32N2O2S. The summed E-state index contributed by atoms with van der Waals surface area (Å²) in [7, 11) is 8.10. The third-order valence-electron chi connectivity index (χ3n) is 5.24. The van der Waals surface area contributed by atoms with Crippen molar-refractivity contribution in [2.45, 2.75) is 41.3 Å². The number of nitrogens with zero attached hydrogens (tertiary/aromatic N) is 2. The summed E-state index contributed by atoms with van der Waals surface area (Å²) in [6, 6.07) is 12.7. The fourth-order valence-corrected chi connectivity index (χ4v) is 4.54. The predicted octanol–water partition coefficient (Wildman–Crippen LogP) is 3.71. The van der Waals surface area contributed by atoms with Crippen molar-refractivity contribution in [1.82, 2.24) is 9.80 Å². The van der Waals surface area contributed by atoms with Crippen LogP contribution in [0.2, 0.25) is 0 Å². The lowest BCUT2D eigenvalue weighted by atomic mass is 9.96. The first-order valence-electron chi connectivity index (χ1n) is 9.92. The summed E-state index contributed by atoms with van der Waals surface area (Å²) < 4.78 is 0. The van der Waals surface area contributed by atoms with E-state index in [9.17, 15) is 10.2 Å². The lowest BCUT2D eigenvalue weighted by Crippen LogP contribution is -2.16. The molecule has 0 amide bonds. The summed E-state index contributed by atoms with van der Waals surface area (Å²) in [6.07, 6.45) is 1.45. The number of aliphatic hydroxyl groups is 2. The largest absolute Gasteiger partial charge is 0.388 e. The normalized spacial score (nSPS) is 15.4. The minimum atomic E-state index is -0.432. The molecule has 2 atom stereocenters. The lowest BCUT2D eigenvalue weighted by molar-refractivity contribution is 0.154. The van der Waals surface area contributed by atoms with E-state index < -0.39 is 12.2 Å². The molecule has 28 heavy (non-hydrogen) atoms. The summed E-state index contributed by atoms with van der Waals surface area (Å²) >= 11 is 1.78. The molecule has 0 aliphatic carbocycles. The Bertz CT molecular complexity index is 742. The Morgan fingerprint density at radius 3 is 1.61 bits per heavy atom. The Morgan fingerprint density at radius 1 is 0.786 bits per heavy atom. The van der Waals surface area contributed by atoms with Gasteiger partial charge < -0.3 is 20.0 Å². The molecule has 5 heteroatoms. The average molecular weight is 401 g/mol. The quantitative estimate of drug-likeness (QED) is 0.604. The van der Waals surface area contributed by atoms with Crippen LogP contribution in [0.4, 0.5) is 0 Å². The van der Waals surface area contributed by atoms with Crippen LogP contribution in [0, 0.1) is 0 Å². The summed E-state index contributed by atoms with van der Waals surface area (Å²) in [4.78, 5) is 6.71. The van der Waals surface area contributed by atoms with E-state index in [1.165, 1.54) is 20.9 Å². The van der Waals surface area contributed by atoms with Gasteiger partial charge in [-0.1, -0.05) is 36.0 Å². The minimum absolute atomic E-state index is 0.432. The van der Waals surface area contributed by atoms with Crippen LogP contribution in [0.1, 0.15) is 47.3 Å². The smallest absolute Gasteiger partial charge is 0.0802 e.